The summed E-state index contributed by atoms with van der Waals surface area (Å²) < 4.78 is 5.32. The summed E-state index contributed by atoms with van der Waals surface area (Å²) >= 11 is 0.869. The van der Waals surface area contributed by atoms with E-state index < -0.39 is 17.0 Å². The third-order valence-electron chi connectivity index (χ3n) is 1.90. The van der Waals surface area contributed by atoms with Crippen LogP contribution in [0.15, 0.2) is 27.4 Å². The summed E-state index contributed by atoms with van der Waals surface area (Å²) in [5, 5.41) is 17.8. The molecule has 1 aromatic heterocycles. The van der Waals surface area contributed by atoms with Crippen LogP contribution in [-0.4, -0.2) is 16.2 Å². The van der Waals surface area contributed by atoms with E-state index in [-0.39, 0.29) is 5.56 Å². The molecule has 78 valence electrons. The second-order valence-electron chi connectivity index (χ2n) is 2.90. The first kappa shape index (κ1) is 9.88. The Morgan fingerprint density at radius 1 is 1.47 bits per heavy atom. The third kappa shape index (κ3) is 1.77. The molecular weight excluding hydrogens is 220 g/mol. The number of aliphatic carboxylic acids is 1. The molecule has 0 fully saturated rings. The average Bonchev–Trinajstić information content (AvgIpc) is 2.55. The Morgan fingerprint density at radius 2 is 2.20 bits per heavy atom. The van der Waals surface area contributed by atoms with Crippen LogP contribution in [0.1, 0.15) is 11.7 Å². The molecule has 6 heteroatoms. The zero-order chi connectivity index (χ0) is 11.0. The van der Waals surface area contributed by atoms with Gasteiger partial charge in [-0.05, 0) is 17.7 Å². The van der Waals surface area contributed by atoms with Gasteiger partial charge in [0.2, 0.25) is 0 Å². The van der Waals surface area contributed by atoms with Gasteiger partial charge in [-0.3, -0.25) is 0 Å². The number of rotatable bonds is 2. The molecule has 0 saturated carbocycles. The smallest absolute Gasteiger partial charge is 0.396 e. The molecule has 2 aromatic rings. The minimum atomic E-state index is -1.58. The lowest BCUT2D eigenvalue weighted by Crippen LogP contribution is -2.09. The van der Waals surface area contributed by atoms with Gasteiger partial charge in [-0.2, -0.15) is 0 Å². The Kier molecular flexibility index (Phi) is 2.29. The molecule has 0 aliphatic rings. The quantitative estimate of drug-likeness (QED) is 0.796. The second-order valence-corrected chi connectivity index (χ2v) is 3.88. The lowest BCUT2D eigenvalue weighted by atomic mass is 10.1. The van der Waals surface area contributed by atoms with Gasteiger partial charge in [0, 0.05) is 0 Å². The van der Waals surface area contributed by atoms with Crippen LogP contribution in [0.2, 0.25) is 0 Å². The van der Waals surface area contributed by atoms with Gasteiger partial charge in [0.15, 0.2) is 6.10 Å². The first-order chi connectivity index (χ1) is 7.08. The molecule has 0 spiro atoms. The van der Waals surface area contributed by atoms with E-state index in [0.717, 1.165) is 11.3 Å². The van der Waals surface area contributed by atoms with Crippen molar-refractivity contribution in [1.29, 1.82) is 0 Å². The van der Waals surface area contributed by atoms with E-state index in [4.69, 9.17) is 9.52 Å². The normalized spacial score (nSPS) is 12.9. The fourth-order valence-corrected chi connectivity index (χ4v) is 1.92. The van der Waals surface area contributed by atoms with Crippen LogP contribution in [0.4, 0.5) is 0 Å². The molecule has 5 nitrogen and oxygen atoms in total. The Hall–Kier alpha value is -1.66. The van der Waals surface area contributed by atoms with Gasteiger partial charge >= 0.3 is 10.9 Å². The highest BCUT2D eigenvalue weighted by atomic mass is 32.1. The lowest BCUT2D eigenvalue weighted by molar-refractivity contribution is -0.146. The van der Waals surface area contributed by atoms with Gasteiger partial charge in [0.05, 0.1) is 4.70 Å². The summed E-state index contributed by atoms with van der Waals surface area (Å²) in [6.07, 6.45) is -1.58. The van der Waals surface area contributed by atoms with Crippen molar-refractivity contribution in [1.82, 2.24) is 0 Å². The standard InChI is InChI=1S/C9H6O5S/c10-7(8(11)12)4-1-2-5-6(3-4)15-9(13)14-5/h1-3,7,10H,(H,11,12). The van der Waals surface area contributed by atoms with Gasteiger partial charge in [0.25, 0.3) is 0 Å². The number of hydrogen-bond donors (Lipinski definition) is 2. The highest BCUT2D eigenvalue weighted by Crippen LogP contribution is 2.22. The van der Waals surface area contributed by atoms with Crippen LogP contribution in [-0.2, 0) is 4.79 Å². The van der Waals surface area contributed by atoms with E-state index >= 15 is 0 Å². The minimum Gasteiger partial charge on any atom is -0.479 e. The summed E-state index contributed by atoms with van der Waals surface area (Å²) in [6, 6.07) is 4.31. The third-order valence-corrected chi connectivity index (χ3v) is 2.69. The minimum absolute atomic E-state index is 0.229. The van der Waals surface area contributed by atoms with Gasteiger partial charge in [-0.25, -0.2) is 9.59 Å². The zero-order valence-electron chi connectivity index (χ0n) is 7.34. The van der Waals surface area contributed by atoms with Crippen LogP contribution in [0.5, 0.6) is 0 Å². The molecule has 1 aromatic carbocycles. The van der Waals surface area contributed by atoms with E-state index in [1.807, 2.05) is 0 Å². The Labute approximate surface area is 87.2 Å². The molecule has 1 heterocycles. The maximum absolute atomic E-state index is 10.9. The van der Waals surface area contributed by atoms with E-state index in [2.05, 4.69) is 0 Å². The molecule has 0 aliphatic carbocycles. The molecule has 0 aliphatic heterocycles. The maximum atomic E-state index is 10.9. The largest absolute Gasteiger partial charge is 0.479 e. The molecule has 1 unspecified atom stereocenters. The molecule has 1 atom stereocenters. The number of fused-ring (bicyclic) bond motifs is 1. The van der Waals surface area contributed by atoms with Gasteiger partial charge in [0.1, 0.15) is 5.58 Å². The van der Waals surface area contributed by atoms with Crippen molar-refractivity contribution in [2.24, 2.45) is 0 Å². The van der Waals surface area contributed by atoms with Gasteiger partial charge in [-0.1, -0.05) is 17.4 Å². The molecule has 0 saturated heterocycles. The number of carboxylic acid groups (broad SMARTS) is 1. The van der Waals surface area contributed by atoms with Crippen LogP contribution in [0.3, 0.4) is 0 Å². The number of hydrogen-bond acceptors (Lipinski definition) is 5. The van der Waals surface area contributed by atoms with Crippen LogP contribution in [0.25, 0.3) is 10.3 Å². The summed E-state index contributed by atoms with van der Waals surface area (Å²) in [5.74, 6) is -1.33. The molecule has 0 radical (unpaired) electrons. The monoisotopic (exact) mass is 226 g/mol. The second kappa shape index (κ2) is 3.48. The highest BCUT2D eigenvalue weighted by molar-refractivity contribution is 7.16. The average molecular weight is 226 g/mol. The summed E-state index contributed by atoms with van der Waals surface area (Å²) in [7, 11) is 0. The van der Waals surface area contributed by atoms with Crippen molar-refractivity contribution in [2.75, 3.05) is 0 Å². The van der Waals surface area contributed by atoms with Crippen LogP contribution < -0.4 is 4.94 Å². The number of aliphatic hydroxyl groups is 1. The Bertz CT molecular complexity index is 567. The number of benzene rings is 1. The number of carbonyl (C=O) groups is 1. The molecule has 0 bridgehead atoms. The van der Waals surface area contributed by atoms with E-state index in [1.165, 1.54) is 18.2 Å². The fourth-order valence-electron chi connectivity index (χ4n) is 1.20. The first-order valence-corrected chi connectivity index (χ1v) is 4.84. The van der Waals surface area contributed by atoms with Crippen molar-refractivity contribution < 1.29 is 19.4 Å². The van der Waals surface area contributed by atoms with Crippen molar-refractivity contribution in [3.05, 3.63) is 33.5 Å². The van der Waals surface area contributed by atoms with E-state index in [9.17, 15) is 14.7 Å². The molecule has 15 heavy (non-hydrogen) atoms. The van der Waals surface area contributed by atoms with Gasteiger partial charge in [-0.15, -0.1) is 0 Å². The topological polar surface area (TPSA) is 87.7 Å². The molecular formula is C9H6O5S. The van der Waals surface area contributed by atoms with Gasteiger partial charge < -0.3 is 14.6 Å². The van der Waals surface area contributed by atoms with Crippen molar-refractivity contribution in [3.63, 3.8) is 0 Å². The highest BCUT2D eigenvalue weighted by Gasteiger charge is 2.16. The maximum Gasteiger partial charge on any atom is 0.396 e. The lowest BCUT2D eigenvalue weighted by Gasteiger charge is -2.04. The SMILES string of the molecule is O=C(O)C(O)c1ccc2oc(=O)sc2c1. The van der Waals surface area contributed by atoms with E-state index in [1.54, 1.807) is 0 Å². The Morgan fingerprint density at radius 3 is 2.87 bits per heavy atom. The van der Waals surface area contributed by atoms with Crippen molar-refractivity contribution in [2.45, 2.75) is 6.10 Å². The van der Waals surface area contributed by atoms with Crippen LogP contribution >= 0.6 is 11.3 Å². The zero-order valence-corrected chi connectivity index (χ0v) is 8.15. The first-order valence-electron chi connectivity index (χ1n) is 4.02. The predicted molar refractivity (Wildman–Crippen MR) is 53.0 cm³/mol. The van der Waals surface area contributed by atoms with Crippen molar-refractivity contribution >= 4 is 27.6 Å². The summed E-state index contributed by atoms with van der Waals surface area (Å²) in [5.41, 5.74) is 0.624. The van der Waals surface area contributed by atoms with Crippen LogP contribution in [0, 0.1) is 0 Å². The van der Waals surface area contributed by atoms with E-state index in [0.29, 0.717) is 10.3 Å². The number of carboxylic acids is 1. The summed E-state index contributed by atoms with van der Waals surface area (Å²) in [6.45, 7) is 0. The predicted octanol–water partition coefficient (Wildman–Crippen LogP) is 0.972. The molecule has 0 amide bonds. The molecule has 2 rings (SSSR count). The molecule has 2 N–H and O–H groups in total. The summed E-state index contributed by atoms with van der Waals surface area (Å²) in [4.78, 5) is 20.9. The fraction of sp³-hybridized carbons (Fsp3) is 0.111. The van der Waals surface area contributed by atoms with Crippen molar-refractivity contribution in [3.8, 4) is 0 Å². The number of aliphatic hydroxyl groups excluding tert-OH is 1. The Balaban J connectivity index is 2.55.